The summed E-state index contributed by atoms with van der Waals surface area (Å²) < 4.78 is 10.9. The molecule has 6 nitrogen and oxygen atoms in total. The first-order valence-corrected chi connectivity index (χ1v) is 9.71. The normalized spacial score (nSPS) is 11.1. The van der Waals surface area contributed by atoms with E-state index in [2.05, 4.69) is 5.32 Å². The van der Waals surface area contributed by atoms with Crippen LogP contribution in [0.2, 0.25) is 0 Å². The predicted molar refractivity (Wildman–Crippen MR) is 116 cm³/mol. The Kier molecular flexibility index (Phi) is 7.02. The van der Waals surface area contributed by atoms with Crippen molar-refractivity contribution in [3.8, 4) is 11.8 Å². The van der Waals surface area contributed by atoms with Gasteiger partial charge in [-0.3, -0.25) is 4.79 Å². The lowest BCUT2D eigenvalue weighted by atomic mass is 10.1. The van der Waals surface area contributed by atoms with Crippen LogP contribution in [0.5, 0.6) is 5.75 Å². The van der Waals surface area contributed by atoms with Crippen LogP contribution >= 0.6 is 0 Å². The molecule has 1 amide bonds. The quantitative estimate of drug-likeness (QED) is 0.576. The van der Waals surface area contributed by atoms with Crippen molar-refractivity contribution in [2.45, 2.75) is 20.0 Å². The fraction of sp³-hybridized carbons (Fsp3) is 0.160. The highest BCUT2D eigenvalue weighted by Crippen LogP contribution is 2.22. The summed E-state index contributed by atoms with van der Waals surface area (Å²) in [6.07, 6.45) is -1.13. The van der Waals surface area contributed by atoms with Crippen molar-refractivity contribution in [2.24, 2.45) is 0 Å². The van der Waals surface area contributed by atoms with Crippen LogP contribution in [-0.2, 0) is 14.3 Å². The maximum absolute atomic E-state index is 13.0. The topological polar surface area (TPSA) is 88.4 Å². The summed E-state index contributed by atoms with van der Waals surface area (Å²) in [5.41, 5.74) is 3.70. The van der Waals surface area contributed by atoms with Crippen molar-refractivity contribution >= 4 is 17.6 Å². The number of ether oxygens (including phenoxy) is 2. The second-order valence-electron chi connectivity index (χ2n) is 7.07. The second kappa shape index (κ2) is 10.1. The van der Waals surface area contributed by atoms with Crippen LogP contribution < -0.4 is 10.1 Å². The summed E-state index contributed by atoms with van der Waals surface area (Å²) in [6.45, 7) is 3.52. The van der Waals surface area contributed by atoms with Gasteiger partial charge in [0.15, 0.2) is 6.61 Å². The monoisotopic (exact) mass is 414 g/mol. The molecular formula is C25H22N2O4. The second-order valence-corrected chi connectivity index (χ2v) is 7.07. The first kappa shape index (κ1) is 21.6. The number of nitriles is 1. The summed E-state index contributed by atoms with van der Waals surface area (Å²) >= 11 is 0. The van der Waals surface area contributed by atoms with Crippen molar-refractivity contribution in [3.05, 3.63) is 95.1 Å². The third-order valence-electron chi connectivity index (χ3n) is 4.42. The van der Waals surface area contributed by atoms with Crippen molar-refractivity contribution in [1.82, 2.24) is 0 Å². The zero-order valence-electron chi connectivity index (χ0n) is 17.3. The Morgan fingerprint density at radius 3 is 2.23 bits per heavy atom. The molecule has 156 valence electrons. The van der Waals surface area contributed by atoms with E-state index in [9.17, 15) is 9.59 Å². The van der Waals surface area contributed by atoms with Crippen molar-refractivity contribution in [3.63, 3.8) is 0 Å². The Balaban J connectivity index is 1.70. The smallest absolute Gasteiger partial charge is 0.345 e. The minimum absolute atomic E-state index is 0.369. The number of hydrogen-bond acceptors (Lipinski definition) is 5. The molecule has 0 saturated carbocycles. The molecule has 0 spiro atoms. The first-order valence-electron chi connectivity index (χ1n) is 9.71. The van der Waals surface area contributed by atoms with E-state index in [0.717, 1.165) is 11.1 Å². The van der Waals surface area contributed by atoms with Gasteiger partial charge in [0.05, 0.1) is 11.6 Å². The highest BCUT2D eigenvalue weighted by Gasteiger charge is 2.25. The van der Waals surface area contributed by atoms with Gasteiger partial charge in [0.2, 0.25) is 6.10 Å². The van der Waals surface area contributed by atoms with Gasteiger partial charge in [-0.05, 0) is 61.4 Å². The van der Waals surface area contributed by atoms with Crippen molar-refractivity contribution in [1.29, 1.82) is 5.26 Å². The number of aryl methyl sites for hydroxylation is 2. The molecule has 31 heavy (non-hydrogen) atoms. The molecule has 0 aromatic heterocycles. The van der Waals surface area contributed by atoms with Crippen LogP contribution in [0.15, 0.2) is 72.8 Å². The largest absolute Gasteiger partial charge is 0.482 e. The molecule has 0 fully saturated rings. The molecule has 0 bridgehead atoms. The van der Waals surface area contributed by atoms with Gasteiger partial charge in [-0.2, -0.15) is 5.26 Å². The fourth-order valence-electron chi connectivity index (χ4n) is 3.09. The number of esters is 1. The van der Waals surface area contributed by atoms with E-state index in [1.807, 2.05) is 44.2 Å². The van der Waals surface area contributed by atoms with Gasteiger partial charge in [0, 0.05) is 11.3 Å². The third kappa shape index (κ3) is 6.18. The van der Waals surface area contributed by atoms with Gasteiger partial charge in [-0.1, -0.05) is 36.4 Å². The predicted octanol–water partition coefficient (Wildman–Crippen LogP) is 4.48. The number of rotatable bonds is 7. The number of carbonyl (C=O) groups is 2. The molecule has 6 heteroatoms. The number of anilines is 1. The standard InChI is InChI=1S/C25H22N2O4/c1-17-12-18(2)14-21(13-17)27-25(29)24(20-6-4-3-5-7-20)31-23(28)16-30-22-10-8-19(15-26)9-11-22/h3-14,24H,16H2,1-2H3,(H,27,29). The lowest BCUT2D eigenvalue weighted by Crippen LogP contribution is -2.28. The Hall–Kier alpha value is -4.11. The molecule has 0 aliphatic rings. The van der Waals surface area contributed by atoms with Crippen molar-refractivity contribution in [2.75, 3.05) is 11.9 Å². The van der Waals surface area contributed by atoms with E-state index in [4.69, 9.17) is 14.7 Å². The molecule has 3 aromatic rings. The van der Waals surface area contributed by atoms with Gasteiger partial charge in [0.1, 0.15) is 5.75 Å². The van der Waals surface area contributed by atoms with Gasteiger partial charge in [-0.15, -0.1) is 0 Å². The van der Waals surface area contributed by atoms with Gasteiger partial charge < -0.3 is 14.8 Å². The van der Waals surface area contributed by atoms with Crippen LogP contribution in [-0.4, -0.2) is 18.5 Å². The maximum Gasteiger partial charge on any atom is 0.345 e. The molecular weight excluding hydrogens is 392 g/mol. The zero-order chi connectivity index (χ0) is 22.2. The third-order valence-corrected chi connectivity index (χ3v) is 4.42. The molecule has 1 unspecified atom stereocenters. The highest BCUT2D eigenvalue weighted by atomic mass is 16.6. The summed E-state index contributed by atoms with van der Waals surface area (Å²) in [5.74, 6) is -0.719. The molecule has 1 atom stereocenters. The van der Waals surface area contributed by atoms with Gasteiger partial charge >= 0.3 is 5.97 Å². The molecule has 3 rings (SSSR count). The summed E-state index contributed by atoms with van der Waals surface area (Å²) in [6, 6.07) is 22.9. The van der Waals surface area contributed by atoms with E-state index in [1.165, 1.54) is 0 Å². The van der Waals surface area contributed by atoms with E-state index in [-0.39, 0.29) is 6.61 Å². The minimum atomic E-state index is -1.13. The summed E-state index contributed by atoms with van der Waals surface area (Å²) in [5, 5.41) is 11.7. The number of benzene rings is 3. The molecule has 0 aliphatic carbocycles. The SMILES string of the molecule is Cc1cc(C)cc(NC(=O)C(OC(=O)COc2ccc(C#N)cc2)c2ccccc2)c1. The van der Waals surface area contributed by atoms with Crippen molar-refractivity contribution < 1.29 is 19.1 Å². The summed E-state index contributed by atoms with van der Waals surface area (Å²) in [4.78, 5) is 25.4. The van der Waals surface area contributed by atoms with Gasteiger partial charge in [0.25, 0.3) is 5.91 Å². The lowest BCUT2D eigenvalue weighted by molar-refractivity contribution is -0.156. The number of hydrogen-bond donors (Lipinski definition) is 1. The van der Waals surface area contributed by atoms with E-state index in [1.54, 1.807) is 48.5 Å². The van der Waals surface area contributed by atoms with Gasteiger partial charge in [-0.25, -0.2) is 4.79 Å². The van der Waals surface area contributed by atoms with E-state index >= 15 is 0 Å². The summed E-state index contributed by atoms with van der Waals surface area (Å²) in [7, 11) is 0. The van der Waals surface area contributed by atoms with Crippen LogP contribution in [0.4, 0.5) is 5.69 Å². The number of carbonyl (C=O) groups excluding carboxylic acids is 2. The molecule has 3 aromatic carbocycles. The van der Waals surface area contributed by atoms with E-state index < -0.39 is 18.0 Å². The molecule has 0 heterocycles. The number of amides is 1. The fourth-order valence-corrected chi connectivity index (χ4v) is 3.09. The van der Waals surface area contributed by atoms with Crippen LogP contribution in [0, 0.1) is 25.2 Å². The van der Waals surface area contributed by atoms with Crippen LogP contribution in [0.3, 0.4) is 0 Å². The Morgan fingerprint density at radius 2 is 1.61 bits per heavy atom. The number of nitrogens with zero attached hydrogens (tertiary/aromatic N) is 1. The first-order chi connectivity index (χ1) is 14.9. The zero-order valence-corrected chi connectivity index (χ0v) is 17.3. The van der Waals surface area contributed by atoms with Crippen LogP contribution in [0.1, 0.15) is 28.4 Å². The average Bonchev–Trinajstić information content (AvgIpc) is 2.76. The Morgan fingerprint density at radius 1 is 0.968 bits per heavy atom. The van der Waals surface area contributed by atoms with Crippen LogP contribution in [0.25, 0.3) is 0 Å². The van der Waals surface area contributed by atoms with E-state index in [0.29, 0.717) is 22.6 Å². The maximum atomic E-state index is 13.0. The molecule has 1 N–H and O–H groups in total. The Bertz CT molecular complexity index is 1080. The minimum Gasteiger partial charge on any atom is -0.482 e. The number of nitrogens with one attached hydrogen (secondary N) is 1. The molecule has 0 radical (unpaired) electrons. The molecule has 0 aliphatic heterocycles. The Labute approximate surface area is 181 Å². The average molecular weight is 414 g/mol. The molecule has 0 saturated heterocycles. The highest BCUT2D eigenvalue weighted by molar-refractivity contribution is 5.96. The lowest BCUT2D eigenvalue weighted by Gasteiger charge is -2.18.